The fourth-order valence-corrected chi connectivity index (χ4v) is 4.16. The van der Waals surface area contributed by atoms with Crippen LogP contribution in [0.3, 0.4) is 0 Å². The number of H-pyrrole nitrogens is 1. The molecule has 0 atom stereocenters. The molecule has 7 nitrogen and oxygen atoms in total. The Hall–Kier alpha value is -2.39. The minimum Gasteiger partial charge on any atom is -0.487 e. The molecule has 0 bridgehead atoms. The third-order valence-electron chi connectivity index (χ3n) is 3.99. The van der Waals surface area contributed by atoms with Crippen molar-refractivity contribution in [3.63, 3.8) is 0 Å². The maximum Gasteiger partial charge on any atom is 0.354 e. The van der Waals surface area contributed by atoms with Gasteiger partial charge in [0.05, 0.1) is 0 Å². The lowest BCUT2D eigenvalue weighted by Crippen LogP contribution is -2.27. The Morgan fingerprint density at radius 3 is 2.65 bits per heavy atom. The number of aromatic amines is 1. The first kappa shape index (κ1) is 18.4. The Labute approximate surface area is 150 Å². The number of aromatic nitrogens is 1. The fraction of sp³-hybridized carbons (Fsp3) is 0.353. The van der Waals surface area contributed by atoms with Crippen molar-refractivity contribution < 1.29 is 27.1 Å². The summed E-state index contributed by atoms with van der Waals surface area (Å²) in [7, 11) is -3.59. The standard InChI is InChI=1S/C17H19FN2O5S/c18-14-5-1-2-6-16(14)24-9-10-25-17(21)15-11-13(12-19-15)26(22,23)20-7-3-4-8-20/h1-2,5-6,11-12,19H,3-4,7-10H2. The average molecular weight is 382 g/mol. The third kappa shape index (κ3) is 4.05. The van der Waals surface area contributed by atoms with E-state index in [4.69, 9.17) is 9.47 Å². The number of rotatable bonds is 7. The van der Waals surface area contributed by atoms with E-state index in [-0.39, 0.29) is 29.6 Å². The Morgan fingerprint density at radius 1 is 1.19 bits per heavy atom. The van der Waals surface area contributed by atoms with Crippen LogP contribution >= 0.6 is 0 Å². The molecule has 2 aromatic rings. The molecule has 1 aromatic carbocycles. The number of nitrogens with zero attached hydrogens (tertiary/aromatic N) is 1. The van der Waals surface area contributed by atoms with E-state index < -0.39 is 21.8 Å². The summed E-state index contributed by atoms with van der Waals surface area (Å²) in [6.45, 7) is 0.855. The number of para-hydroxylation sites is 1. The molecule has 1 N–H and O–H groups in total. The summed E-state index contributed by atoms with van der Waals surface area (Å²) >= 11 is 0. The van der Waals surface area contributed by atoms with Gasteiger partial charge < -0.3 is 14.5 Å². The quantitative estimate of drug-likeness (QED) is 0.586. The first-order valence-corrected chi connectivity index (χ1v) is 9.65. The van der Waals surface area contributed by atoms with Gasteiger partial charge in [-0.05, 0) is 31.0 Å². The van der Waals surface area contributed by atoms with Crippen molar-refractivity contribution in [1.82, 2.24) is 9.29 Å². The number of nitrogens with one attached hydrogen (secondary N) is 1. The van der Waals surface area contributed by atoms with Gasteiger partial charge in [-0.25, -0.2) is 17.6 Å². The Morgan fingerprint density at radius 2 is 1.92 bits per heavy atom. The van der Waals surface area contributed by atoms with Gasteiger partial charge in [-0.3, -0.25) is 0 Å². The molecule has 0 spiro atoms. The molecule has 3 rings (SSSR count). The number of hydrogen-bond donors (Lipinski definition) is 1. The molecule has 1 aliphatic rings. The summed E-state index contributed by atoms with van der Waals surface area (Å²) in [5.41, 5.74) is 0.0358. The number of carbonyl (C=O) groups is 1. The second-order valence-electron chi connectivity index (χ2n) is 5.78. The number of halogens is 1. The first-order chi connectivity index (χ1) is 12.5. The monoisotopic (exact) mass is 382 g/mol. The highest BCUT2D eigenvalue weighted by Crippen LogP contribution is 2.21. The van der Waals surface area contributed by atoms with Crippen molar-refractivity contribution in [2.45, 2.75) is 17.7 Å². The topological polar surface area (TPSA) is 88.7 Å². The van der Waals surface area contributed by atoms with Crippen molar-refractivity contribution in [1.29, 1.82) is 0 Å². The molecular formula is C17H19FN2O5S. The van der Waals surface area contributed by atoms with Gasteiger partial charge in [-0.2, -0.15) is 4.31 Å². The molecule has 1 aromatic heterocycles. The van der Waals surface area contributed by atoms with Crippen molar-refractivity contribution in [3.8, 4) is 5.75 Å². The van der Waals surface area contributed by atoms with Crippen LogP contribution in [0.5, 0.6) is 5.75 Å². The van der Waals surface area contributed by atoms with Gasteiger partial charge in [0.2, 0.25) is 10.0 Å². The molecule has 1 aliphatic heterocycles. The average Bonchev–Trinajstić information content (AvgIpc) is 3.31. The zero-order chi connectivity index (χ0) is 18.6. The maximum absolute atomic E-state index is 13.4. The van der Waals surface area contributed by atoms with E-state index in [1.807, 2.05) is 0 Å². The number of sulfonamides is 1. The molecule has 140 valence electrons. The summed E-state index contributed by atoms with van der Waals surface area (Å²) in [5, 5.41) is 0. The predicted octanol–water partition coefficient (Wildman–Crippen LogP) is 2.17. The SMILES string of the molecule is O=C(OCCOc1ccccc1F)c1cc(S(=O)(=O)N2CCCC2)c[nH]1. The van der Waals surface area contributed by atoms with E-state index in [1.165, 1.54) is 28.7 Å². The van der Waals surface area contributed by atoms with E-state index >= 15 is 0 Å². The summed E-state index contributed by atoms with van der Waals surface area (Å²) in [6.07, 6.45) is 2.95. The minimum absolute atomic E-state index is 0.0215. The Kier molecular flexibility index (Phi) is 5.58. The van der Waals surface area contributed by atoms with Crippen LogP contribution in [0.1, 0.15) is 23.3 Å². The lowest BCUT2D eigenvalue weighted by molar-refractivity contribution is 0.0442. The van der Waals surface area contributed by atoms with Crippen LogP contribution in [-0.2, 0) is 14.8 Å². The van der Waals surface area contributed by atoms with Crippen LogP contribution in [0.15, 0.2) is 41.4 Å². The molecule has 1 saturated heterocycles. The summed E-state index contributed by atoms with van der Waals surface area (Å²) in [4.78, 5) is 14.7. The molecule has 0 amide bonds. The smallest absolute Gasteiger partial charge is 0.354 e. The normalized spacial score (nSPS) is 15.1. The van der Waals surface area contributed by atoms with Gasteiger partial charge in [-0.15, -0.1) is 0 Å². The summed E-state index contributed by atoms with van der Waals surface area (Å²) in [6, 6.07) is 7.17. The molecule has 1 fully saturated rings. The zero-order valence-electron chi connectivity index (χ0n) is 14.0. The van der Waals surface area contributed by atoms with E-state index in [0.717, 1.165) is 12.8 Å². The van der Waals surface area contributed by atoms with Gasteiger partial charge in [0.25, 0.3) is 0 Å². The second kappa shape index (κ2) is 7.88. The van der Waals surface area contributed by atoms with Crippen molar-refractivity contribution in [2.24, 2.45) is 0 Å². The zero-order valence-corrected chi connectivity index (χ0v) is 14.8. The predicted molar refractivity (Wildman–Crippen MR) is 91.0 cm³/mol. The highest BCUT2D eigenvalue weighted by molar-refractivity contribution is 7.89. The Balaban J connectivity index is 1.53. The van der Waals surface area contributed by atoms with Gasteiger partial charge >= 0.3 is 5.97 Å². The van der Waals surface area contributed by atoms with Crippen molar-refractivity contribution >= 4 is 16.0 Å². The molecule has 9 heteroatoms. The van der Waals surface area contributed by atoms with Crippen molar-refractivity contribution in [3.05, 3.63) is 48.0 Å². The van der Waals surface area contributed by atoms with Crippen molar-refractivity contribution in [2.75, 3.05) is 26.3 Å². The molecule has 0 aliphatic carbocycles. The van der Waals surface area contributed by atoms with E-state index in [9.17, 15) is 17.6 Å². The lowest BCUT2D eigenvalue weighted by Gasteiger charge is -2.13. The van der Waals surface area contributed by atoms with Gasteiger partial charge in [0, 0.05) is 19.3 Å². The molecule has 0 unspecified atom stereocenters. The van der Waals surface area contributed by atoms with Gasteiger partial charge in [0.1, 0.15) is 23.8 Å². The fourth-order valence-electron chi connectivity index (χ4n) is 2.64. The highest BCUT2D eigenvalue weighted by Gasteiger charge is 2.28. The number of esters is 1. The third-order valence-corrected chi connectivity index (χ3v) is 5.87. The maximum atomic E-state index is 13.4. The highest BCUT2D eigenvalue weighted by atomic mass is 32.2. The molecule has 26 heavy (non-hydrogen) atoms. The molecule has 0 saturated carbocycles. The van der Waals surface area contributed by atoms with Gasteiger partial charge in [0.15, 0.2) is 11.6 Å². The lowest BCUT2D eigenvalue weighted by atomic mass is 10.3. The van der Waals surface area contributed by atoms with Crippen LogP contribution in [0.2, 0.25) is 0 Å². The van der Waals surface area contributed by atoms with E-state index in [1.54, 1.807) is 12.1 Å². The number of hydrogen-bond acceptors (Lipinski definition) is 5. The molecular weight excluding hydrogens is 363 g/mol. The first-order valence-electron chi connectivity index (χ1n) is 8.21. The molecule has 0 radical (unpaired) electrons. The summed E-state index contributed by atoms with van der Waals surface area (Å²) < 4.78 is 49.8. The summed E-state index contributed by atoms with van der Waals surface area (Å²) in [5.74, 6) is -1.13. The molecule has 2 heterocycles. The van der Waals surface area contributed by atoms with E-state index in [0.29, 0.717) is 13.1 Å². The van der Waals surface area contributed by atoms with E-state index in [2.05, 4.69) is 4.98 Å². The van der Waals surface area contributed by atoms with Crippen LogP contribution < -0.4 is 4.74 Å². The largest absolute Gasteiger partial charge is 0.487 e. The van der Waals surface area contributed by atoms with Crippen LogP contribution in [0.4, 0.5) is 4.39 Å². The second-order valence-corrected chi connectivity index (χ2v) is 7.71. The van der Waals surface area contributed by atoms with Crippen LogP contribution in [0, 0.1) is 5.82 Å². The number of benzene rings is 1. The van der Waals surface area contributed by atoms with Gasteiger partial charge in [-0.1, -0.05) is 12.1 Å². The van der Waals surface area contributed by atoms with Crippen LogP contribution in [0.25, 0.3) is 0 Å². The minimum atomic E-state index is -3.59. The number of carbonyl (C=O) groups excluding carboxylic acids is 1. The number of ether oxygens (including phenoxy) is 2. The van der Waals surface area contributed by atoms with Crippen LogP contribution in [-0.4, -0.2) is 50.0 Å². The Bertz CT molecular complexity index is 875.